The minimum atomic E-state index is -0.0997. The van der Waals surface area contributed by atoms with Gasteiger partial charge in [-0.25, -0.2) is 5.43 Å². The van der Waals surface area contributed by atoms with Crippen LogP contribution in [-0.4, -0.2) is 7.11 Å². The molecule has 0 aliphatic carbocycles. The number of hydrogen-bond acceptors (Lipinski definition) is 3. The average molecular weight is 335 g/mol. The monoisotopic (exact) mass is 334 g/mol. The van der Waals surface area contributed by atoms with E-state index >= 15 is 0 Å². The van der Waals surface area contributed by atoms with Crippen LogP contribution in [-0.2, 0) is 0 Å². The van der Waals surface area contributed by atoms with E-state index in [9.17, 15) is 0 Å². The van der Waals surface area contributed by atoms with Gasteiger partial charge in [0.1, 0.15) is 5.75 Å². The smallest absolute Gasteiger partial charge is 0.127 e. The summed E-state index contributed by atoms with van der Waals surface area (Å²) in [5, 5.41) is 0. The van der Waals surface area contributed by atoms with Crippen LogP contribution in [0, 0.1) is 13.8 Å². The van der Waals surface area contributed by atoms with Gasteiger partial charge in [-0.05, 0) is 42.7 Å². The highest BCUT2D eigenvalue weighted by Gasteiger charge is 2.19. The molecule has 1 unspecified atom stereocenters. The van der Waals surface area contributed by atoms with Gasteiger partial charge in [-0.1, -0.05) is 40.2 Å². The Hall–Kier alpha value is -1.36. The summed E-state index contributed by atoms with van der Waals surface area (Å²) in [5.74, 6) is 6.65. The van der Waals surface area contributed by atoms with Crippen molar-refractivity contribution in [1.29, 1.82) is 0 Å². The maximum Gasteiger partial charge on any atom is 0.127 e. The molecular weight excluding hydrogens is 316 g/mol. The van der Waals surface area contributed by atoms with E-state index < -0.39 is 0 Å². The second-order valence-corrected chi connectivity index (χ2v) is 5.70. The lowest BCUT2D eigenvalue weighted by Gasteiger charge is -2.21. The summed E-state index contributed by atoms with van der Waals surface area (Å²) in [6.45, 7) is 4.14. The van der Waals surface area contributed by atoms with Crippen LogP contribution in [0.4, 0.5) is 0 Å². The van der Waals surface area contributed by atoms with Gasteiger partial charge < -0.3 is 4.74 Å². The van der Waals surface area contributed by atoms with E-state index in [0.717, 1.165) is 26.9 Å². The topological polar surface area (TPSA) is 47.3 Å². The summed E-state index contributed by atoms with van der Waals surface area (Å²) in [6.07, 6.45) is 0. The summed E-state index contributed by atoms with van der Waals surface area (Å²) >= 11 is 3.45. The number of nitrogens with one attached hydrogen (secondary N) is 1. The molecule has 4 heteroatoms. The first kappa shape index (κ1) is 15.0. The van der Waals surface area contributed by atoms with Gasteiger partial charge in [-0.2, -0.15) is 0 Å². The van der Waals surface area contributed by atoms with Crippen molar-refractivity contribution in [2.24, 2.45) is 5.84 Å². The van der Waals surface area contributed by atoms with Crippen molar-refractivity contribution >= 4 is 15.9 Å². The Morgan fingerprint density at radius 3 is 2.30 bits per heavy atom. The molecule has 3 nitrogen and oxygen atoms in total. The van der Waals surface area contributed by atoms with Crippen molar-refractivity contribution < 1.29 is 4.74 Å². The Morgan fingerprint density at radius 1 is 1.10 bits per heavy atom. The largest absolute Gasteiger partial charge is 0.496 e. The number of aryl methyl sites for hydroxylation is 1. The molecule has 1 atom stereocenters. The zero-order valence-corrected chi connectivity index (χ0v) is 13.5. The third kappa shape index (κ3) is 2.87. The normalized spacial score (nSPS) is 12.2. The van der Waals surface area contributed by atoms with Crippen LogP contribution in [0.5, 0.6) is 5.75 Å². The van der Waals surface area contributed by atoms with Crippen molar-refractivity contribution in [3.05, 3.63) is 63.1 Å². The predicted molar refractivity (Wildman–Crippen MR) is 85.8 cm³/mol. The highest BCUT2D eigenvalue weighted by Crippen LogP contribution is 2.34. The first-order valence-corrected chi connectivity index (χ1v) is 7.23. The Bertz CT molecular complexity index is 596. The Balaban J connectivity index is 2.52. The SMILES string of the molecule is COc1c(C(NN)c2ccc(Br)cc2)ccc(C)c1C. The van der Waals surface area contributed by atoms with Crippen LogP contribution in [0.2, 0.25) is 0 Å². The molecule has 0 radical (unpaired) electrons. The second kappa shape index (κ2) is 6.39. The highest BCUT2D eigenvalue weighted by molar-refractivity contribution is 9.10. The summed E-state index contributed by atoms with van der Waals surface area (Å²) in [7, 11) is 1.69. The van der Waals surface area contributed by atoms with E-state index in [1.54, 1.807) is 7.11 Å². The number of benzene rings is 2. The first-order valence-electron chi connectivity index (χ1n) is 6.44. The van der Waals surface area contributed by atoms with Crippen LogP contribution in [0.25, 0.3) is 0 Å². The number of ether oxygens (including phenoxy) is 1. The molecule has 0 saturated heterocycles. The fraction of sp³-hybridized carbons (Fsp3) is 0.250. The number of rotatable bonds is 4. The maximum absolute atomic E-state index is 5.77. The lowest BCUT2D eigenvalue weighted by Crippen LogP contribution is -2.29. The van der Waals surface area contributed by atoms with Crippen molar-refractivity contribution in [2.75, 3.05) is 7.11 Å². The van der Waals surface area contributed by atoms with Crippen LogP contribution < -0.4 is 16.0 Å². The Morgan fingerprint density at radius 2 is 1.75 bits per heavy atom. The number of hydrogen-bond donors (Lipinski definition) is 2. The van der Waals surface area contributed by atoms with Gasteiger partial charge in [0.15, 0.2) is 0 Å². The minimum Gasteiger partial charge on any atom is -0.496 e. The van der Waals surface area contributed by atoms with Gasteiger partial charge in [0.2, 0.25) is 0 Å². The second-order valence-electron chi connectivity index (χ2n) is 4.78. The van der Waals surface area contributed by atoms with E-state index in [1.807, 2.05) is 24.3 Å². The summed E-state index contributed by atoms with van der Waals surface area (Å²) in [6, 6.07) is 12.2. The third-order valence-electron chi connectivity index (χ3n) is 3.59. The molecule has 0 bridgehead atoms. The zero-order valence-electron chi connectivity index (χ0n) is 11.9. The van der Waals surface area contributed by atoms with Crippen LogP contribution in [0.15, 0.2) is 40.9 Å². The van der Waals surface area contributed by atoms with Gasteiger partial charge in [0, 0.05) is 10.0 Å². The molecular formula is C16H19BrN2O. The highest BCUT2D eigenvalue weighted by atomic mass is 79.9. The molecule has 2 aromatic rings. The van der Waals surface area contributed by atoms with E-state index in [2.05, 4.69) is 47.3 Å². The van der Waals surface area contributed by atoms with Crippen molar-refractivity contribution in [2.45, 2.75) is 19.9 Å². The molecule has 0 saturated carbocycles. The van der Waals surface area contributed by atoms with Gasteiger partial charge in [0.05, 0.1) is 13.2 Å². The number of hydrazine groups is 1. The number of halogens is 1. The van der Waals surface area contributed by atoms with E-state index in [1.165, 1.54) is 5.56 Å². The summed E-state index contributed by atoms with van der Waals surface area (Å²) < 4.78 is 6.63. The molecule has 0 amide bonds. The standard InChI is InChI=1S/C16H19BrN2O/c1-10-4-9-14(16(20-3)11(10)2)15(19-18)12-5-7-13(17)8-6-12/h4-9,15,19H,18H2,1-3H3. The third-order valence-corrected chi connectivity index (χ3v) is 4.12. The molecule has 106 valence electrons. The first-order chi connectivity index (χ1) is 9.58. The average Bonchev–Trinajstić information content (AvgIpc) is 2.45. The number of methoxy groups -OCH3 is 1. The van der Waals surface area contributed by atoms with Crippen LogP contribution in [0.1, 0.15) is 28.3 Å². The van der Waals surface area contributed by atoms with E-state index in [-0.39, 0.29) is 6.04 Å². The zero-order chi connectivity index (χ0) is 14.7. The van der Waals surface area contributed by atoms with E-state index in [4.69, 9.17) is 10.6 Å². The fourth-order valence-electron chi connectivity index (χ4n) is 2.33. The van der Waals surface area contributed by atoms with Gasteiger partial charge in [-0.15, -0.1) is 0 Å². The predicted octanol–water partition coefficient (Wildman–Crippen LogP) is 3.63. The number of nitrogens with two attached hydrogens (primary N) is 1. The van der Waals surface area contributed by atoms with Crippen LogP contribution >= 0.6 is 15.9 Å². The minimum absolute atomic E-state index is 0.0997. The van der Waals surface area contributed by atoms with Crippen LogP contribution in [0.3, 0.4) is 0 Å². The Kier molecular flexibility index (Phi) is 4.81. The molecule has 0 aromatic heterocycles. The lowest BCUT2D eigenvalue weighted by molar-refractivity contribution is 0.400. The Labute approximate surface area is 128 Å². The molecule has 20 heavy (non-hydrogen) atoms. The summed E-state index contributed by atoms with van der Waals surface area (Å²) in [5.41, 5.74) is 7.36. The quantitative estimate of drug-likeness (QED) is 0.663. The molecule has 0 aliphatic heterocycles. The molecule has 2 aromatic carbocycles. The molecule has 0 aliphatic rings. The van der Waals surface area contributed by atoms with Crippen molar-refractivity contribution in [1.82, 2.24) is 5.43 Å². The van der Waals surface area contributed by atoms with E-state index in [0.29, 0.717) is 0 Å². The maximum atomic E-state index is 5.77. The molecule has 0 fully saturated rings. The summed E-state index contributed by atoms with van der Waals surface area (Å²) in [4.78, 5) is 0. The molecule has 0 heterocycles. The lowest BCUT2D eigenvalue weighted by atomic mass is 9.95. The van der Waals surface area contributed by atoms with Gasteiger partial charge in [-0.3, -0.25) is 5.84 Å². The fourth-order valence-corrected chi connectivity index (χ4v) is 2.59. The van der Waals surface area contributed by atoms with Gasteiger partial charge >= 0.3 is 0 Å². The molecule has 0 spiro atoms. The van der Waals surface area contributed by atoms with Crippen molar-refractivity contribution in [3.8, 4) is 5.75 Å². The molecule has 2 rings (SSSR count). The van der Waals surface area contributed by atoms with Gasteiger partial charge in [0.25, 0.3) is 0 Å². The van der Waals surface area contributed by atoms with Crippen molar-refractivity contribution in [3.63, 3.8) is 0 Å². The molecule has 3 N–H and O–H groups in total.